The summed E-state index contributed by atoms with van der Waals surface area (Å²) in [7, 11) is 0. The van der Waals surface area contributed by atoms with Crippen LogP contribution in [0.25, 0.3) is 0 Å². The normalized spacial score (nSPS) is 20.7. The third-order valence-corrected chi connectivity index (χ3v) is 5.61. The number of carbonyl (C=O) groups excluding carboxylic acids is 2. The first kappa shape index (κ1) is 18.4. The van der Waals surface area contributed by atoms with Gasteiger partial charge in [0.25, 0.3) is 5.91 Å². The highest BCUT2D eigenvalue weighted by molar-refractivity contribution is 5.94. The SMILES string of the molecule is CC(O)CN1CC2(CCC1=O)CCN(C(=O)c1ccc(C#N)cc1)CC2. The number of benzene rings is 1. The lowest BCUT2D eigenvalue weighted by Crippen LogP contribution is -2.53. The molecule has 138 valence electrons. The fourth-order valence-corrected chi connectivity index (χ4v) is 4.05. The van der Waals surface area contributed by atoms with E-state index in [-0.39, 0.29) is 17.2 Å². The maximum Gasteiger partial charge on any atom is 0.253 e. The van der Waals surface area contributed by atoms with Crippen LogP contribution in [0.5, 0.6) is 0 Å². The molecule has 1 unspecified atom stereocenters. The lowest BCUT2D eigenvalue weighted by molar-refractivity contribution is -0.140. The molecule has 1 aromatic rings. The number of piperidine rings is 2. The average molecular weight is 355 g/mol. The second-order valence-electron chi connectivity index (χ2n) is 7.60. The molecule has 2 fully saturated rings. The van der Waals surface area contributed by atoms with E-state index in [1.54, 1.807) is 36.1 Å². The Labute approximate surface area is 154 Å². The zero-order valence-corrected chi connectivity index (χ0v) is 15.1. The zero-order valence-electron chi connectivity index (χ0n) is 15.1. The first-order chi connectivity index (χ1) is 12.4. The van der Waals surface area contributed by atoms with Crippen LogP contribution in [-0.4, -0.2) is 59.0 Å². The minimum atomic E-state index is -0.521. The fraction of sp³-hybridized carbons (Fsp3) is 0.550. The summed E-state index contributed by atoms with van der Waals surface area (Å²) in [6.07, 6.45) is 2.61. The van der Waals surface area contributed by atoms with Crippen molar-refractivity contribution in [1.82, 2.24) is 9.80 Å². The second kappa shape index (κ2) is 7.46. The molecular weight excluding hydrogens is 330 g/mol. The minimum Gasteiger partial charge on any atom is -0.392 e. The van der Waals surface area contributed by atoms with E-state index in [0.29, 0.717) is 43.7 Å². The maximum absolute atomic E-state index is 12.7. The van der Waals surface area contributed by atoms with Gasteiger partial charge >= 0.3 is 0 Å². The van der Waals surface area contributed by atoms with Gasteiger partial charge in [-0.25, -0.2) is 0 Å². The topological polar surface area (TPSA) is 84.6 Å². The number of hydrogen-bond acceptors (Lipinski definition) is 4. The van der Waals surface area contributed by atoms with E-state index in [2.05, 4.69) is 6.07 Å². The number of aliphatic hydroxyl groups excluding tert-OH is 1. The molecule has 2 aliphatic heterocycles. The van der Waals surface area contributed by atoms with Crippen molar-refractivity contribution in [2.45, 2.75) is 38.7 Å². The summed E-state index contributed by atoms with van der Waals surface area (Å²) in [4.78, 5) is 28.4. The Kier molecular flexibility index (Phi) is 5.28. The summed E-state index contributed by atoms with van der Waals surface area (Å²) in [5.74, 6) is 0.115. The fourth-order valence-electron chi connectivity index (χ4n) is 4.05. The maximum atomic E-state index is 12.7. The highest BCUT2D eigenvalue weighted by atomic mass is 16.3. The Hall–Kier alpha value is -2.39. The lowest BCUT2D eigenvalue weighted by atomic mass is 9.72. The summed E-state index contributed by atoms with van der Waals surface area (Å²) in [6, 6.07) is 8.80. The Morgan fingerprint density at radius 3 is 2.50 bits per heavy atom. The van der Waals surface area contributed by atoms with Crippen molar-refractivity contribution in [3.63, 3.8) is 0 Å². The monoisotopic (exact) mass is 355 g/mol. The first-order valence-electron chi connectivity index (χ1n) is 9.18. The van der Waals surface area contributed by atoms with Gasteiger partial charge in [0.1, 0.15) is 0 Å². The van der Waals surface area contributed by atoms with E-state index in [4.69, 9.17) is 5.26 Å². The predicted octanol–water partition coefficient (Wildman–Crippen LogP) is 1.78. The largest absolute Gasteiger partial charge is 0.392 e. The van der Waals surface area contributed by atoms with Crippen LogP contribution in [0.1, 0.15) is 48.5 Å². The molecule has 1 aromatic carbocycles. The average Bonchev–Trinajstić information content (AvgIpc) is 2.65. The van der Waals surface area contributed by atoms with Crippen LogP contribution in [0.2, 0.25) is 0 Å². The van der Waals surface area contributed by atoms with Crippen molar-refractivity contribution < 1.29 is 14.7 Å². The van der Waals surface area contributed by atoms with Gasteiger partial charge in [0, 0.05) is 38.2 Å². The Bertz CT molecular complexity index is 713. The molecule has 0 saturated carbocycles. The highest BCUT2D eigenvalue weighted by Gasteiger charge is 2.41. The van der Waals surface area contributed by atoms with Gasteiger partial charge < -0.3 is 14.9 Å². The van der Waals surface area contributed by atoms with Crippen molar-refractivity contribution >= 4 is 11.8 Å². The van der Waals surface area contributed by atoms with Crippen LogP contribution in [0.4, 0.5) is 0 Å². The zero-order chi connectivity index (χ0) is 18.7. The van der Waals surface area contributed by atoms with E-state index >= 15 is 0 Å². The molecular formula is C20H25N3O3. The van der Waals surface area contributed by atoms with Gasteiger partial charge in [-0.2, -0.15) is 5.26 Å². The third kappa shape index (κ3) is 3.88. The number of rotatable bonds is 3. The van der Waals surface area contributed by atoms with Gasteiger partial charge in [0.05, 0.1) is 17.7 Å². The van der Waals surface area contributed by atoms with Gasteiger partial charge in [0.2, 0.25) is 5.91 Å². The van der Waals surface area contributed by atoms with Gasteiger partial charge in [-0.15, -0.1) is 0 Å². The number of nitriles is 1. The molecule has 2 heterocycles. The van der Waals surface area contributed by atoms with Crippen molar-refractivity contribution in [3.05, 3.63) is 35.4 Å². The second-order valence-corrected chi connectivity index (χ2v) is 7.60. The quantitative estimate of drug-likeness (QED) is 0.896. The highest BCUT2D eigenvalue weighted by Crippen LogP contribution is 2.40. The van der Waals surface area contributed by atoms with Crippen LogP contribution >= 0.6 is 0 Å². The standard InChI is InChI=1S/C20H25N3O3/c1-15(24)13-23-14-20(7-6-18(23)25)8-10-22(11-9-20)19(26)17-4-2-16(12-21)3-5-17/h2-5,15,24H,6-11,13-14H2,1H3. The summed E-state index contributed by atoms with van der Waals surface area (Å²) in [6.45, 7) is 4.11. The summed E-state index contributed by atoms with van der Waals surface area (Å²) in [5.41, 5.74) is 1.21. The third-order valence-electron chi connectivity index (χ3n) is 5.61. The molecule has 0 aliphatic carbocycles. The summed E-state index contributed by atoms with van der Waals surface area (Å²) in [5, 5.41) is 18.5. The number of β-amino-alcohol motifs (C(OH)–C–C–N with tert-alkyl or cyclic N) is 1. The number of carbonyl (C=O) groups is 2. The van der Waals surface area contributed by atoms with Crippen molar-refractivity contribution in [3.8, 4) is 6.07 Å². The lowest BCUT2D eigenvalue weighted by Gasteiger charge is -2.47. The molecule has 2 saturated heterocycles. The molecule has 1 spiro atoms. The number of likely N-dealkylation sites (tertiary alicyclic amines) is 2. The van der Waals surface area contributed by atoms with Crippen LogP contribution in [0, 0.1) is 16.7 Å². The van der Waals surface area contributed by atoms with Crippen molar-refractivity contribution in [1.29, 1.82) is 5.26 Å². The molecule has 0 bridgehead atoms. The van der Waals surface area contributed by atoms with Gasteiger partial charge in [-0.1, -0.05) is 0 Å². The summed E-state index contributed by atoms with van der Waals surface area (Å²) >= 11 is 0. The first-order valence-corrected chi connectivity index (χ1v) is 9.18. The van der Waals surface area contributed by atoms with Gasteiger partial charge in [-0.05, 0) is 55.9 Å². The number of aliphatic hydroxyl groups is 1. The molecule has 6 heteroatoms. The van der Waals surface area contributed by atoms with E-state index in [1.165, 1.54) is 0 Å². The number of hydrogen-bond donors (Lipinski definition) is 1. The van der Waals surface area contributed by atoms with Gasteiger partial charge in [-0.3, -0.25) is 9.59 Å². The molecule has 3 rings (SSSR count). The van der Waals surface area contributed by atoms with E-state index < -0.39 is 6.10 Å². The van der Waals surface area contributed by atoms with Crippen LogP contribution in [0.15, 0.2) is 24.3 Å². The molecule has 2 aliphatic rings. The predicted molar refractivity (Wildman–Crippen MR) is 96.2 cm³/mol. The van der Waals surface area contributed by atoms with Crippen molar-refractivity contribution in [2.24, 2.45) is 5.41 Å². The van der Waals surface area contributed by atoms with E-state index in [0.717, 1.165) is 19.3 Å². The van der Waals surface area contributed by atoms with Crippen molar-refractivity contribution in [2.75, 3.05) is 26.2 Å². The summed E-state index contributed by atoms with van der Waals surface area (Å²) < 4.78 is 0. The van der Waals surface area contributed by atoms with Crippen LogP contribution < -0.4 is 0 Å². The van der Waals surface area contributed by atoms with E-state index in [1.807, 2.05) is 4.90 Å². The molecule has 26 heavy (non-hydrogen) atoms. The number of amides is 2. The Morgan fingerprint density at radius 1 is 1.27 bits per heavy atom. The molecule has 1 atom stereocenters. The van der Waals surface area contributed by atoms with E-state index in [9.17, 15) is 14.7 Å². The molecule has 0 radical (unpaired) electrons. The number of nitrogens with zero attached hydrogens (tertiary/aromatic N) is 3. The molecule has 2 amide bonds. The minimum absolute atomic E-state index is 0.00272. The van der Waals surface area contributed by atoms with Crippen LogP contribution in [0.3, 0.4) is 0 Å². The molecule has 0 aromatic heterocycles. The molecule has 1 N–H and O–H groups in total. The molecule has 6 nitrogen and oxygen atoms in total. The van der Waals surface area contributed by atoms with Crippen LogP contribution in [-0.2, 0) is 4.79 Å². The van der Waals surface area contributed by atoms with Gasteiger partial charge in [0.15, 0.2) is 0 Å². The Morgan fingerprint density at radius 2 is 1.92 bits per heavy atom. The smallest absolute Gasteiger partial charge is 0.253 e. The Balaban J connectivity index is 1.62.